The lowest BCUT2D eigenvalue weighted by Gasteiger charge is -2.47. The summed E-state index contributed by atoms with van der Waals surface area (Å²) in [7, 11) is -10.1. The Hall–Kier alpha value is 0.884. The molecule has 2 unspecified atom stereocenters. The van der Waals surface area contributed by atoms with Gasteiger partial charge in [-0.15, -0.1) is 0 Å². The fraction of sp³-hybridized carbons (Fsp3) is 1.00. The molecule has 0 spiro atoms. The number of rotatable bonds is 5. The molecule has 0 bridgehead atoms. The second kappa shape index (κ2) is 8.72. The largest absolute Gasteiger partial charge is 0.420 e. The first-order valence-electron chi connectivity index (χ1n) is 10.3. The normalized spacial score (nSPS) is 31.6. The Morgan fingerprint density at radius 1 is 0.808 bits per heavy atom. The molecule has 2 aliphatic rings. The van der Waals surface area contributed by atoms with Gasteiger partial charge < -0.3 is 20.9 Å². The van der Waals surface area contributed by atoms with Crippen molar-refractivity contribution >= 4 is 43.3 Å². The van der Waals surface area contributed by atoms with E-state index in [2.05, 4.69) is 52.8 Å². The van der Waals surface area contributed by atoms with Crippen LogP contribution >= 0.6 is 0 Å². The van der Waals surface area contributed by atoms with Gasteiger partial charge in [0, 0.05) is 6.61 Å². The number of hydrogen-bond acceptors (Lipinski definition) is 5. The monoisotopic (exact) mass is 452 g/mol. The van der Waals surface area contributed by atoms with Crippen LogP contribution in [0.5, 0.6) is 0 Å². The average molecular weight is 453 g/mol. The van der Waals surface area contributed by atoms with E-state index in [9.17, 15) is 0 Å². The minimum absolute atomic E-state index is 0.736. The molecule has 2 fully saturated rings. The maximum absolute atomic E-state index is 6.72. The Bertz CT molecular complexity index is 446. The van der Waals surface area contributed by atoms with Crippen LogP contribution in [0.3, 0.4) is 0 Å². The van der Waals surface area contributed by atoms with Crippen LogP contribution in [-0.2, 0) is 20.9 Å². The molecule has 2 rings (SSSR count). The molecule has 0 aromatic carbocycles. The van der Waals surface area contributed by atoms with E-state index >= 15 is 0 Å². The van der Waals surface area contributed by atoms with E-state index in [0.29, 0.717) is 0 Å². The van der Waals surface area contributed by atoms with Crippen molar-refractivity contribution < 1.29 is 20.9 Å². The highest BCUT2D eigenvalue weighted by Gasteiger charge is 2.52. The van der Waals surface area contributed by atoms with Crippen LogP contribution in [0.1, 0.15) is 32.6 Å². The van der Waals surface area contributed by atoms with E-state index in [1.807, 2.05) is 0 Å². The van der Waals surface area contributed by atoms with Gasteiger partial charge in [-0.25, -0.2) is 0 Å². The lowest BCUT2D eigenvalue weighted by Crippen LogP contribution is -2.65. The summed E-state index contributed by atoms with van der Waals surface area (Å²) in [5.74, 6) is 0. The fourth-order valence-corrected chi connectivity index (χ4v) is 29.8. The van der Waals surface area contributed by atoms with E-state index < -0.39 is 43.3 Å². The molecule has 26 heavy (non-hydrogen) atoms. The summed E-state index contributed by atoms with van der Waals surface area (Å²) in [4.78, 5) is 0. The minimum atomic E-state index is -2.33. The lowest BCUT2D eigenvalue weighted by molar-refractivity contribution is 0.233. The van der Waals surface area contributed by atoms with Crippen molar-refractivity contribution in [2.24, 2.45) is 0 Å². The molecule has 0 amide bonds. The Labute approximate surface area is 166 Å². The third-order valence-electron chi connectivity index (χ3n) is 5.14. The third kappa shape index (κ3) is 7.05. The molecule has 2 aliphatic heterocycles. The van der Waals surface area contributed by atoms with Crippen LogP contribution in [-0.4, -0.2) is 49.9 Å². The number of hydrogen-bond donors (Lipinski definition) is 0. The van der Waals surface area contributed by atoms with Gasteiger partial charge in [0.2, 0.25) is 0 Å². The maximum atomic E-state index is 6.72. The Morgan fingerprint density at radius 2 is 1.35 bits per heavy atom. The van der Waals surface area contributed by atoms with E-state index in [1.165, 1.54) is 31.7 Å². The molecule has 0 aromatic rings. The van der Waals surface area contributed by atoms with Gasteiger partial charge in [0.25, 0.3) is 0 Å². The predicted octanol–water partition coefficient (Wildman–Crippen LogP) is 4.95. The SMILES string of the molecule is CCC(CC[Si]1(C)O[Si](C)(C)O[Si](C)(C)O[Si](C)(C)O1)[SiH]1CCCCO1. The van der Waals surface area contributed by atoms with E-state index in [-0.39, 0.29) is 0 Å². The minimum Gasteiger partial charge on any atom is -0.420 e. The molecule has 0 aromatic heterocycles. The van der Waals surface area contributed by atoms with E-state index in [4.69, 9.17) is 20.9 Å². The highest BCUT2D eigenvalue weighted by Crippen LogP contribution is 2.36. The zero-order valence-corrected chi connectivity index (χ0v) is 23.3. The second-order valence-corrected chi connectivity index (χ2v) is 26.7. The van der Waals surface area contributed by atoms with Gasteiger partial charge in [-0.2, -0.15) is 0 Å². The van der Waals surface area contributed by atoms with Crippen molar-refractivity contribution in [2.75, 3.05) is 6.61 Å². The maximum Gasteiger partial charge on any atom is 0.317 e. The molecule has 0 aliphatic carbocycles. The standard InChI is InChI=1S/C16H40O5Si5/c1-9-16(22-14-11-10-13-17-22)12-15-26(8)20-24(4,5)18-23(2,3)19-25(6,7)21-26/h16,22H,9-15H2,1-8H3. The van der Waals surface area contributed by atoms with Crippen molar-refractivity contribution in [1.82, 2.24) is 0 Å². The molecule has 0 saturated carbocycles. The summed E-state index contributed by atoms with van der Waals surface area (Å²) in [5.41, 5.74) is 0.736. The van der Waals surface area contributed by atoms with Crippen molar-refractivity contribution in [3.05, 3.63) is 0 Å². The van der Waals surface area contributed by atoms with Crippen molar-refractivity contribution in [3.8, 4) is 0 Å². The highest BCUT2D eigenvalue weighted by molar-refractivity contribution is 6.93. The second-order valence-electron chi connectivity index (χ2n) is 9.35. The van der Waals surface area contributed by atoms with E-state index in [0.717, 1.165) is 18.2 Å². The van der Waals surface area contributed by atoms with Crippen LogP contribution in [0.25, 0.3) is 0 Å². The zero-order chi connectivity index (χ0) is 19.6. The summed E-state index contributed by atoms with van der Waals surface area (Å²) >= 11 is 0. The molecule has 2 heterocycles. The molecule has 5 nitrogen and oxygen atoms in total. The van der Waals surface area contributed by atoms with Crippen molar-refractivity contribution in [1.29, 1.82) is 0 Å². The molecule has 154 valence electrons. The first-order chi connectivity index (χ1) is 11.9. The summed E-state index contributed by atoms with van der Waals surface area (Å²) < 4.78 is 32.5. The molecular weight excluding hydrogens is 413 g/mol. The van der Waals surface area contributed by atoms with Crippen LogP contribution in [0.2, 0.25) is 63.5 Å². The average Bonchev–Trinajstić information content (AvgIpc) is 2.43. The molecule has 0 N–H and O–H groups in total. The van der Waals surface area contributed by atoms with Crippen molar-refractivity contribution in [3.63, 3.8) is 0 Å². The Kier molecular flexibility index (Phi) is 7.77. The zero-order valence-electron chi connectivity index (χ0n) is 18.1. The topological polar surface area (TPSA) is 46.2 Å². The van der Waals surface area contributed by atoms with Gasteiger partial charge in [-0.3, -0.25) is 0 Å². The smallest absolute Gasteiger partial charge is 0.317 e. The Morgan fingerprint density at radius 3 is 1.81 bits per heavy atom. The lowest BCUT2D eigenvalue weighted by atomic mass is 10.3. The van der Waals surface area contributed by atoms with Gasteiger partial charge in [0.05, 0.1) is 0 Å². The van der Waals surface area contributed by atoms with Gasteiger partial charge in [-0.1, -0.05) is 19.8 Å². The van der Waals surface area contributed by atoms with Gasteiger partial charge in [0.1, 0.15) is 0 Å². The predicted molar refractivity (Wildman–Crippen MR) is 119 cm³/mol. The van der Waals surface area contributed by atoms with Gasteiger partial charge in [-0.05, 0) is 76.3 Å². The van der Waals surface area contributed by atoms with E-state index in [1.54, 1.807) is 0 Å². The third-order valence-corrected chi connectivity index (χ3v) is 25.1. The Balaban J connectivity index is 2.08. The summed E-state index contributed by atoms with van der Waals surface area (Å²) in [6.07, 6.45) is 4.99. The first kappa shape index (κ1) is 23.2. The van der Waals surface area contributed by atoms with Crippen LogP contribution in [0.4, 0.5) is 0 Å². The molecule has 10 heteroatoms. The molecule has 0 radical (unpaired) electrons. The summed E-state index contributed by atoms with van der Waals surface area (Å²) in [5, 5.41) is 0. The van der Waals surface area contributed by atoms with Gasteiger partial charge >= 0.3 is 34.2 Å². The van der Waals surface area contributed by atoms with Gasteiger partial charge in [0.15, 0.2) is 9.04 Å². The van der Waals surface area contributed by atoms with Crippen molar-refractivity contribution in [2.45, 2.75) is 96.1 Å². The summed E-state index contributed by atoms with van der Waals surface area (Å²) in [6, 6.07) is 2.37. The fourth-order valence-electron chi connectivity index (χ4n) is 4.65. The van der Waals surface area contributed by atoms with Crippen LogP contribution in [0, 0.1) is 0 Å². The highest BCUT2D eigenvalue weighted by atomic mass is 28.5. The summed E-state index contributed by atoms with van der Waals surface area (Å²) in [6.45, 7) is 18.4. The van der Waals surface area contributed by atoms with Crippen LogP contribution < -0.4 is 0 Å². The molecular formula is C16H40O5Si5. The van der Waals surface area contributed by atoms with Crippen LogP contribution in [0.15, 0.2) is 0 Å². The quantitative estimate of drug-likeness (QED) is 0.552. The molecule has 2 saturated heterocycles. The molecule has 2 atom stereocenters. The first-order valence-corrected chi connectivity index (χ1v) is 23.2.